The molecule has 0 aliphatic rings. The van der Waals surface area contributed by atoms with E-state index < -0.39 is 17.6 Å². The lowest BCUT2D eigenvalue weighted by Crippen LogP contribution is -2.28. The summed E-state index contributed by atoms with van der Waals surface area (Å²) in [6.45, 7) is 1.43. The van der Waals surface area contributed by atoms with Crippen LogP contribution < -0.4 is 11.0 Å². The molecule has 0 aliphatic heterocycles. The standard InChI is InChI=1S/C12H12N4O4/c1-7-5-8(10(14-7)11(18)19)15-9(17)6-16-4-2-3-13-12(16)20/h2-5,14H,6H2,1H3,(H,15,17)(H,18,19). The van der Waals surface area contributed by atoms with E-state index in [-0.39, 0.29) is 17.9 Å². The van der Waals surface area contributed by atoms with E-state index in [0.717, 1.165) is 4.57 Å². The molecule has 8 nitrogen and oxygen atoms in total. The first-order valence-corrected chi connectivity index (χ1v) is 5.71. The molecule has 0 fully saturated rings. The number of hydrogen-bond donors (Lipinski definition) is 3. The molecule has 0 saturated heterocycles. The molecule has 3 N–H and O–H groups in total. The first kappa shape index (κ1) is 13.5. The molecule has 0 unspecified atom stereocenters. The summed E-state index contributed by atoms with van der Waals surface area (Å²) in [7, 11) is 0. The molecule has 1 amide bonds. The number of rotatable bonds is 4. The molecule has 8 heteroatoms. The molecule has 0 radical (unpaired) electrons. The third-order valence-corrected chi connectivity index (χ3v) is 2.54. The van der Waals surface area contributed by atoms with E-state index in [1.807, 2.05) is 0 Å². The van der Waals surface area contributed by atoms with Gasteiger partial charge in [-0.1, -0.05) is 0 Å². The minimum atomic E-state index is -1.17. The van der Waals surface area contributed by atoms with Gasteiger partial charge in [0.1, 0.15) is 12.2 Å². The number of aromatic amines is 1. The molecule has 104 valence electrons. The van der Waals surface area contributed by atoms with E-state index in [0.29, 0.717) is 5.69 Å². The van der Waals surface area contributed by atoms with Crippen LogP contribution in [0.3, 0.4) is 0 Å². The molecule has 2 aromatic heterocycles. The molecule has 0 saturated carbocycles. The van der Waals surface area contributed by atoms with Crippen molar-refractivity contribution in [1.82, 2.24) is 14.5 Å². The number of aryl methyl sites for hydroxylation is 1. The fraction of sp³-hybridized carbons (Fsp3) is 0.167. The van der Waals surface area contributed by atoms with Gasteiger partial charge in [-0.2, -0.15) is 0 Å². The fourth-order valence-corrected chi connectivity index (χ4v) is 1.71. The Labute approximate surface area is 113 Å². The van der Waals surface area contributed by atoms with Crippen LogP contribution >= 0.6 is 0 Å². The van der Waals surface area contributed by atoms with Crippen LogP contribution in [0.5, 0.6) is 0 Å². The van der Waals surface area contributed by atoms with Crippen molar-refractivity contribution in [3.63, 3.8) is 0 Å². The quantitative estimate of drug-likeness (QED) is 0.738. The van der Waals surface area contributed by atoms with Crippen molar-refractivity contribution in [3.05, 3.63) is 46.4 Å². The van der Waals surface area contributed by atoms with Gasteiger partial charge in [-0.25, -0.2) is 14.6 Å². The van der Waals surface area contributed by atoms with Gasteiger partial charge in [0.2, 0.25) is 5.91 Å². The van der Waals surface area contributed by atoms with Gasteiger partial charge in [-0.3, -0.25) is 9.36 Å². The second kappa shape index (κ2) is 5.39. The highest BCUT2D eigenvalue weighted by molar-refractivity contribution is 5.99. The van der Waals surface area contributed by atoms with Crippen LogP contribution in [0.15, 0.2) is 29.3 Å². The van der Waals surface area contributed by atoms with Gasteiger partial charge in [-0.05, 0) is 19.1 Å². The Morgan fingerprint density at radius 2 is 2.25 bits per heavy atom. The molecular formula is C12H12N4O4. The van der Waals surface area contributed by atoms with E-state index in [2.05, 4.69) is 15.3 Å². The molecule has 0 atom stereocenters. The average Bonchev–Trinajstić information content (AvgIpc) is 2.73. The second-order valence-corrected chi connectivity index (χ2v) is 4.12. The van der Waals surface area contributed by atoms with Crippen molar-refractivity contribution in [2.75, 3.05) is 5.32 Å². The predicted octanol–water partition coefficient (Wildman–Crippen LogP) is 0.217. The normalized spacial score (nSPS) is 10.2. The monoisotopic (exact) mass is 276 g/mol. The molecule has 2 rings (SSSR count). The zero-order chi connectivity index (χ0) is 14.7. The molecule has 0 aliphatic carbocycles. The van der Waals surface area contributed by atoms with Gasteiger partial charge in [0.25, 0.3) is 0 Å². The molecule has 20 heavy (non-hydrogen) atoms. The Morgan fingerprint density at radius 3 is 2.90 bits per heavy atom. The number of H-pyrrole nitrogens is 1. The summed E-state index contributed by atoms with van der Waals surface area (Å²) >= 11 is 0. The van der Waals surface area contributed by atoms with Crippen molar-refractivity contribution in [2.45, 2.75) is 13.5 Å². The number of carboxylic acid groups (broad SMARTS) is 1. The molecule has 2 heterocycles. The zero-order valence-electron chi connectivity index (χ0n) is 10.6. The number of nitrogens with one attached hydrogen (secondary N) is 2. The number of nitrogens with zero attached hydrogens (tertiary/aromatic N) is 2. The maximum atomic E-state index is 11.8. The third kappa shape index (κ3) is 2.91. The largest absolute Gasteiger partial charge is 0.477 e. The Morgan fingerprint density at radius 1 is 1.50 bits per heavy atom. The fourth-order valence-electron chi connectivity index (χ4n) is 1.71. The average molecular weight is 276 g/mol. The molecule has 0 bridgehead atoms. The summed E-state index contributed by atoms with van der Waals surface area (Å²) in [6, 6.07) is 3.03. The summed E-state index contributed by atoms with van der Waals surface area (Å²) < 4.78 is 1.12. The number of aromatic nitrogens is 3. The SMILES string of the molecule is Cc1cc(NC(=O)Cn2cccnc2=O)c(C(=O)O)[nH]1. The Hall–Kier alpha value is -2.90. The first-order valence-electron chi connectivity index (χ1n) is 5.71. The summed E-state index contributed by atoms with van der Waals surface area (Å²) in [5, 5.41) is 11.4. The predicted molar refractivity (Wildman–Crippen MR) is 69.6 cm³/mol. The van der Waals surface area contributed by atoms with Crippen molar-refractivity contribution < 1.29 is 14.7 Å². The van der Waals surface area contributed by atoms with Gasteiger partial charge >= 0.3 is 11.7 Å². The maximum Gasteiger partial charge on any atom is 0.354 e. The van der Waals surface area contributed by atoms with Crippen LogP contribution in [0.2, 0.25) is 0 Å². The summed E-state index contributed by atoms with van der Waals surface area (Å²) in [5.41, 5.74) is 0.119. The van der Waals surface area contributed by atoms with E-state index in [1.54, 1.807) is 6.92 Å². The van der Waals surface area contributed by atoms with E-state index in [1.165, 1.54) is 24.5 Å². The summed E-state index contributed by atoms with van der Waals surface area (Å²) in [6.07, 6.45) is 2.75. The van der Waals surface area contributed by atoms with Crippen LogP contribution in [-0.2, 0) is 11.3 Å². The van der Waals surface area contributed by atoms with Crippen LogP contribution in [0, 0.1) is 6.92 Å². The highest BCUT2D eigenvalue weighted by atomic mass is 16.4. The minimum absolute atomic E-state index is 0.102. The Balaban J connectivity index is 2.15. The van der Waals surface area contributed by atoms with Crippen LogP contribution in [0.25, 0.3) is 0 Å². The maximum absolute atomic E-state index is 11.8. The number of carbonyl (C=O) groups is 2. The number of carboxylic acids is 1. The van der Waals surface area contributed by atoms with Crippen molar-refractivity contribution in [1.29, 1.82) is 0 Å². The smallest absolute Gasteiger partial charge is 0.354 e. The van der Waals surface area contributed by atoms with Gasteiger partial charge in [0.15, 0.2) is 0 Å². The topological polar surface area (TPSA) is 117 Å². The van der Waals surface area contributed by atoms with Crippen molar-refractivity contribution in [3.8, 4) is 0 Å². The van der Waals surface area contributed by atoms with Crippen LogP contribution in [-0.4, -0.2) is 31.5 Å². The second-order valence-electron chi connectivity index (χ2n) is 4.12. The van der Waals surface area contributed by atoms with Crippen LogP contribution in [0.1, 0.15) is 16.2 Å². The van der Waals surface area contributed by atoms with Gasteiger partial charge in [0, 0.05) is 18.1 Å². The lowest BCUT2D eigenvalue weighted by molar-refractivity contribution is -0.116. The highest BCUT2D eigenvalue weighted by Gasteiger charge is 2.15. The number of hydrogen-bond acceptors (Lipinski definition) is 4. The van der Waals surface area contributed by atoms with Gasteiger partial charge < -0.3 is 15.4 Å². The molecule has 0 aromatic carbocycles. The summed E-state index contributed by atoms with van der Waals surface area (Å²) in [5.74, 6) is -1.69. The molecule has 0 spiro atoms. The number of carbonyl (C=O) groups excluding carboxylic acids is 1. The minimum Gasteiger partial charge on any atom is -0.477 e. The van der Waals surface area contributed by atoms with Crippen LogP contribution in [0.4, 0.5) is 5.69 Å². The number of aromatic carboxylic acids is 1. The third-order valence-electron chi connectivity index (χ3n) is 2.54. The first-order chi connectivity index (χ1) is 9.47. The lowest BCUT2D eigenvalue weighted by atomic mass is 10.3. The number of amides is 1. The van der Waals surface area contributed by atoms with Crippen molar-refractivity contribution in [2.24, 2.45) is 0 Å². The van der Waals surface area contributed by atoms with Gasteiger partial charge in [0.05, 0.1) is 5.69 Å². The number of anilines is 1. The van der Waals surface area contributed by atoms with E-state index >= 15 is 0 Å². The van der Waals surface area contributed by atoms with Crippen molar-refractivity contribution >= 4 is 17.6 Å². The zero-order valence-corrected chi connectivity index (χ0v) is 10.6. The van der Waals surface area contributed by atoms with E-state index in [4.69, 9.17) is 5.11 Å². The Kier molecular flexibility index (Phi) is 3.65. The molecular weight excluding hydrogens is 264 g/mol. The Bertz CT molecular complexity index is 716. The highest BCUT2D eigenvalue weighted by Crippen LogP contribution is 2.16. The lowest BCUT2D eigenvalue weighted by Gasteiger charge is -2.05. The summed E-state index contributed by atoms with van der Waals surface area (Å²) in [4.78, 5) is 40.3. The van der Waals surface area contributed by atoms with E-state index in [9.17, 15) is 14.4 Å². The molecule has 2 aromatic rings. The van der Waals surface area contributed by atoms with Gasteiger partial charge in [-0.15, -0.1) is 0 Å².